The van der Waals surface area contributed by atoms with Crippen molar-refractivity contribution in [1.82, 2.24) is 5.32 Å². The van der Waals surface area contributed by atoms with Crippen molar-refractivity contribution in [3.8, 4) is 0 Å². The number of anilines is 1. The van der Waals surface area contributed by atoms with Crippen LogP contribution in [0.4, 0.5) is 14.5 Å². The third kappa shape index (κ3) is 4.47. The molecule has 6 N–H and O–H groups in total. The minimum Gasteiger partial charge on any atom is -0.370 e. The lowest BCUT2D eigenvalue weighted by atomic mass is 10.1. The van der Waals surface area contributed by atoms with E-state index in [1.165, 1.54) is 0 Å². The Labute approximate surface area is 114 Å². The van der Waals surface area contributed by atoms with Crippen LogP contribution in [0.3, 0.4) is 0 Å². The number of primary amides is 1. The fraction of sp³-hybridized carbons (Fsp3) is 0.333. The first-order valence-corrected chi connectivity index (χ1v) is 5.98. The number of benzene rings is 1. The standard InChI is InChI=1S/C12H16F2N4O2/c13-8-5-7(6-9(14)11(8)18-16)12(20)17-4-2-1-3-10(15)19/h5-6,18H,1-4,16H2,(H2,15,19)(H,17,20). The van der Waals surface area contributed by atoms with E-state index in [4.69, 9.17) is 11.6 Å². The number of hydrogen-bond acceptors (Lipinski definition) is 4. The molecule has 1 aromatic rings. The SMILES string of the molecule is NNc1c(F)cc(C(=O)NCCCCC(N)=O)cc1F. The van der Waals surface area contributed by atoms with E-state index in [1.54, 1.807) is 0 Å². The van der Waals surface area contributed by atoms with E-state index in [-0.39, 0.29) is 18.5 Å². The number of halogens is 2. The van der Waals surface area contributed by atoms with Crippen LogP contribution in [0.5, 0.6) is 0 Å². The molecule has 0 saturated heterocycles. The number of hydrogen-bond donors (Lipinski definition) is 4. The van der Waals surface area contributed by atoms with Crippen molar-refractivity contribution in [3.63, 3.8) is 0 Å². The summed E-state index contributed by atoms with van der Waals surface area (Å²) in [5.41, 5.74) is 6.19. The van der Waals surface area contributed by atoms with Gasteiger partial charge in [-0.2, -0.15) is 0 Å². The maximum atomic E-state index is 13.4. The first-order valence-electron chi connectivity index (χ1n) is 5.98. The van der Waals surface area contributed by atoms with Crippen molar-refractivity contribution in [2.24, 2.45) is 11.6 Å². The summed E-state index contributed by atoms with van der Waals surface area (Å²) >= 11 is 0. The lowest BCUT2D eigenvalue weighted by Crippen LogP contribution is -2.25. The predicted octanol–water partition coefficient (Wildman–Crippen LogP) is 0.636. The number of carbonyl (C=O) groups excluding carboxylic acids is 2. The van der Waals surface area contributed by atoms with Crippen molar-refractivity contribution in [3.05, 3.63) is 29.3 Å². The first kappa shape index (κ1) is 15.8. The van der Waals surface area contributed by atoms with Crippen LogP contribution in [0, 0.1) is 11.6 Å². The Balaban J connectivity index is 2.54. The Morgan fingerprint density at radius 1 is 1.15 bits per heavy atom. The van der Waals surface area contributed by atoms with E-state index in [0.29, 0.717) is 12.8 Å². The summed E-state index contributed by atoms with van der Waals surface area (Å²) in [6, 6.07) is 1.77. The van der Waals surface area contributed by atoms with Crippen molar-refractivity contribution in [2.45, 2.75) is 19.3 Å². The lowest BCUT2D eigenvalue weighted by molar-refractivity contribution is -0.118. The third-order valence-corrected chi connectivity index (χ3v) is 2.58. The van der Waals surface area contributed by atoms with Gasteiger partial charge in [-0.05, 0) is 25.0 Å². The normalized spacial score (nSPS) is 10.2. The van der Waals surface area contributed by atoms with Crippen LogP contribution >= 0.6 is 0 Å². The summed E-state index contributed by atoms with van der Waals surface area (Å²) in [6.07, 6.45) is 1.31. The molecule has 0 aliphatic rings. The van der Waals surface area contributed by atoms with Crippen LogP contribution in [0.15, 0.2) is 12.1 Å². The number of hydrazine groups is 1. The highest BCUT2D eigenvalue weighted by molar-refractivity contribution is 5.94. The number of rotatable bonds is 7. The van der Waals surface area contributed by atoms with E-state index < -0.39 is 29.1 Å². The van der Waals surface area contributed by atoms with E-state index in [0.717, 1.165) is 12.1 Å². The smallest absolute Gasteiger partial charge is 0.251 e. The van der Waals surface area contributed by atoms with E-state index in [9.17, 15) is 18.4 Å². The molecule has 6 nitrogen and oxygen atoms in total. The molecule has 0 aliphatic carbocycles. The molecule has 0 bridgehead atoms. The van der Waals surface area contributed by atoms with Crippen molar-refractivity contribution in [1.29, 1.82) is 0 Å². The van der Waals surface area contributed by atoms with Gasteiger partial charge in [0.25, 0.3) is 5.91 Å². The van der Waals surface area contributed by atoms with Crippen molar-refractivity contribution >= 4 is 17.5 Å². The molecule has 0 radical (unpaired) electrons. The molecule has 0 aromatic heterocycles. The molecule has 0 atom stereocenters. The molecule has 0 unspecified atom stereocenters. The minimum absolute atomic E-state index is 0.145. The molecule has 1 aromatic carbocycles. The maximum Gasteiger partial charge on any atom is 0.251 e. The average molecular weight is 286 g/mol. The highest BCUT2D eigenvalue weighted by Crippen LogP contribution is 2.19. The quantitative estimate of drug-likeness (QED) is 0.335. The highest BCUT2D eigenvalue weighted by atomic mass is 19.1. The Morgan fingerprint density at radius 2 is 1.75 bits per heavy atom. The molecule has 1 rings (SSSR count). The minimum atomic E-state index is -0.952. The monoisotopic (exact) mass is 286 g/mol. The topological polar surface area (TPSA) is 110 Å². The van der Waals surface area contributed by atoms with Gasteiger partial charge in [0.1, 0.15) is 5.69 Å². The molecule has 20 heavy (non-hydrogen) atoms. The summed E-state index contributed by atoms with van der Waals surface area (Å²) in [7, 11) is 0. The van der Waals surface area contributed by atoms with Gasteiger partial charge in [0.05, 0.1) is 0 Å². The van der Waals surface area contributed by atoms with Gasteiger partial charge in [0.2, 0.25) is 5.91 Å². The number of amides is 2. The van der Waals surface area contributed by atoms with E-state index in [2.05, 4.69) is 5.32 Å². The second kappa shape index (κ2) is 7.39. The van der Waals surface area contributed by atoms with Gasteiger partial charge in [-0.3, -0.25) is 15.4 Å². The Morgan fingerprint density at radius 3 is 2.25 bits per heavy atom. The van der Waals surface area contributed by atoms with Gasteiger partial charge in [0.15, 0.2) is 11.6 Å². The van der Waals surface area contributed by atoms with Crippen molar-refractivity contribution in [2.75, 3.05) is 12.0 Å². The first-order chi connectivity index (χ1) is 9.45. The maximum absolute atomic E-state index is 13.4. The van der Waals surface area contributed by atoms with Crippen molar-refractivity contribution < 1.29 is 18.4 Å². The van der Waals surface area contributed by atoms with E-state index in [1.807, 2.05) is 5.43 Å². The second-order valence-electron chi connectivity index (χ2n) is 4.14. The number of nitrogen functional groups attached to an aromatic ring is 1. The Kier molecular flexibility index (Phi) is 5.85. The molecule has 110 valence electrons. The fourth-order valence-corrected chi connectivity index (χ4v) is 1.57. The zero-order valence-electron chi connectivity index (χ0n) is 10.7. The van der Waals surface area contributed by atoms with Gasteiger partial charge < -0.3 is 16.5 Å². The second-order valence-corrected chi connectivity index (χ2v) is 4.14. The summed E-state index contributed by atoms with van der Waals surface area (Å²) in [4.78, 5) is 22.1. The fourth-order valence-electron chi connectivity index (χ4n) is 1.57. The van der Waals surface area contributed by atoms with Crippen LogP contribution in [0.1, 0.15) is 29.6 Å². The van der Waals surface area contributed by atoms with Crippen LogP contribution in [-0.2, 0) is 4.79 Å². The molecule has 8 heteroatoms. The number of unbranched alkanes of at least 4 members (excludes halogenated alkanes) is 1. The summed E-state index contributed by atoms with van der Waals surface area (Å²) in [5, 5.41) is 2.49. The van der Waals surface area contributed by atoms with E-state index >= 15 is 0 Å². The molecule has 2 amide bonds. The third-order valence-electron chi connectivity index (χ3n) is 2.58. The van der Waals surface area contributed by atoms with Gasteiger partial charge in [-0.25, -0.2) is 8.78 Å². The Bertz CT molecular complexity index is 485. The summed E-state index contributed by atoms with van der Waals surface area (Å²) in [6.45, 7) is 0.284. The van der Waals surface area contributed by atoms with Crippen LogP contribution in [0.2, 0.25) is 0 Å². The van der Waals surface area contributed by atoms with Crippen LogP contribution in [-0.4, -0.2) is 18.4 Å². The van der Waals surface area contributed by atoms with Gasteiger partial charge in [-0.1, -0.05) is 0 Å². The number of carbonyl (C=O) groups is 2. The van der Waals surface area contributed by atoms with Crippen LogP contribution in [0.25, 0.3) is 0 Å². The molecule has 0 heterocycles. The van der Waals surface area contributed by atoms with Crippen LogP contribution < -0.4 is 22.3 Å². The summed E-state index contributed by atoms with van der Waals surface area (Å²) in [5.74, 6) is 2.02. The number of nitrogens with one attached hydrogen (secondary N) is 2. The molecule has 0 saturated carbocycles. The average Bonchev–Trinajstić information content (AvgIpc) is 2.37. The lowest BCUT2D eigenvalue weighted by Gasteiger charge is -2.08. The van der Waals surface area contributed by atoms with Gasteiger partial charge in [-0.15, -0.1) is 0 Å². The molecule has 0 fully saturated rings. The zero-order valence-corrected chi connectivity index (χ0v) is 10.7. The number of nitrogens with two attached hydrogens (primary N) is 2. The molecular formula is C12H16F2N4O2. The largest absolute Gasteiger partial charge is 0.370 e. The Hall–Kier alpha value is -2.22. The molecule has 0 spiro atoms. The zero-order chi connectivity index (χ0) is 15.1. The summed E-state index contributed by atoms with van der Waals surface area (Å²) < 4.78 is 26.8. The van der Waals surface area contributed by atoms with Gasteiger partial charge in [0, 0.05) is 18.5 Å². The highest BCUT2D eigenvalue weighted by Gasteiger charge is 2.14. The van der Waals surface area contributed by atoms with Gasteiger partial charge >= 0.3 is 0 Å². The predicted molar refractivity (Wildman–Crippen MR) is 69.5 cm³/mol. The molecule has 0 aliphatic heterocycles. The molecular weight excluding hydrogens is 270 g/mol.